The molecule has 0 saturated heterocycles. The zero-order valence-corrected chi connectivity index (χ0v) is 12.3. The lowest BCUT2D eigenvalue weighted by Gasteiger charge is -2.21. The van der Waals surface area contributed by atoms with Crippen LogP contribution in [0.15, 0.2) is 18.2 Å². The van der Waals surface area contributed by atoms with Crippen molar-refractivity contribution in [2.45, 2.75) is 39.8 Å². The van der Waals surface area contributed by atoms with E-state index < -0.39 is 4.92 Å². The third kappa shape index (κ3) is 4.09. The highest BCUT2D eigenvalue weighted by Gasteiger charge is 2.24. The number of anilines is 1. The maximum atomic E-state index is 11.3. The Labute approximate surface area is 118 Å². The molecule has 6 heteroatoms. The molecule has 0 aliphatic carbocycles. The predicted octanol–water partition coefficient (Wildman–Crippen LogP) is 2.81. The van der Waals surface area contributed by atoms with Crippen LogP contribution < -0.4 is 10.1 Å². The van der Waals surface area contributed by atoms with E-state index in [2.05, 4.69) is 5.32 Å². The number of nitrogens with zero attached hydrogens (tertiary/aromatic N) is 1. The van der Waals surface area contributed by atoms with E-state index in [0.717, 1.165) is 0 Å². The minimum atomic E-state index is -0.463. The SMILES string of the molecule is CC(C)Oc1cccc(N[C@H](CO)C(C)C)c1[N+](=O)[O-]. The lowest BCUT2D eigenvalue weighted by molar-refractivity contribution is -0.385. The first-order chi connectivity index (χ1) is 9.36. The second-order valence-corrected chi connectivity index (χ2v) is 5.25. The smallest absolute Gasteiger partial charge is 0.333 e. The van der Waals surface area contributed by atoms with Gasteiger partial charge in [-0.05, 0) is 31.9 Å². The van der Waals surface area contributed by atoms with Gasteiger partial charge >= 0.3 is 5.69 Å². The molecule has 0 saturated carbocycles. The Morgan fingerprint density at radius 3 is 2.45 bits per heavy atom. The van der Waals surface area contributed by atoms with Gasteiger partial charge in [-0.25, -0.2) is 0 Å². The van der Waals surface area contributed by atoms with Gasteiger partial charge in [0.25, 0.3) is 0 Å². The lowest BCUT2D eigenvalue weighted by Crippen LogP contribution is -2.29. The van der Waals surface area contributed by atoms with Crippen molar-refractivity contribution < 1.29 is 14.8 Å². The fourth-order valence-electron chi connectivity index (χ4n) is 1.80. The van der Waals surface area contributed by atoms with Crippen molar-refractivity contribution in [3.8, 4) is 5.75 Å². The molecule has 0 bridgehead atoms. The van der Waals surface area contributed by atoms with E-state index in [1.165, 1.54) is 0 Å². The highest BCUT2D eigenvalue weighted by atomic mass is 16.6. The van der Waals surface area contributed by atoms with Crippen LogP contribution in [0.3, 0.4) is 0 Å². The molecule has 0 aliphatic rings. The van der Waals surface area contributed by atoms with Crippen molar-refractivity contribution in [3.05, 3.63) is 28.3 Å². The minimum Gasteiger partial charge on any atom is -0.484 e. The molecule has 0 heterocycles. The molecule has 0 spiro atoms. The molecule has 0 radical (unpaired) electrons. The molecule has 0 fully saturated rings. The number of hydrogen-bond donors (Lipinski definition) is 2. The van der Waals surface area contributed by atoms with Crippen LogP contribution in [-0.4, -0.2) is 28.8 Å². The highest BCUT2D eigenvalue weighted by molar-refractivity contribution is 5.68. The van der Waals surface area contributed by atoms with Crippen molar-refractivity contribution >= 4 is 11.4 Å². The predicted molar refractivity (Wildman–Crippen MR) is 78.2 cm³/mol. The van der Waals surface area contributed by atoms with Crippen LogP contribution in [0.25, 0.3) is 0 Å². The first-order valence-corrected chi connectivity index (χ1v) is 6.68. The summed E-state index contributed by atoms with van der Waals surface area (Å²) in [6.45, 7) is 7.41. The zero-order valence-electron chi connectivity index (χ0n) is 12.3. The summed E-state index contributed by atoms with van der Waals surface area (Å²) in [6, 6.07) is 4.65. The van der Waals surface area contributed by atoms with Crippen molar-refractivity contribution in [1.29, 1.82) is 0 Å². The Morgan fingerprint density at radius 1 is 1.35 bits per heavy atom. The van der Waals surface area contributed by atoms with Crippen LogP contribution in [0, 0.1) is 16.0 Å². The first kappa shape index (κ1) is 16.2. The molecule has 2 N–H and O–H groups in total. The fourth-order valence-corrected chi connectivity index (χ4v) is 1.80. The van der Waals surface area contributed by atoms with Gasteiger partial charge in [-0.2, -0.15) is 0 Å². The summed E-state index contributed by atoms with van der Waals surface area (Å²) in [5.74, 6) is 0.379. The van der Waals surface area contributed by atoms with E-state index in [1.807, 2.05) is 27.7 Å². The van der Waals surface area contributed by atoms with E-state index in [1.54, 1.807) is 18.2 Å². The van der Waals surface area contributed by atoms with Gasteiger partial charge in [-0.1, -0.05) is 19.9 Å². The fraction of sp³-hybridized carbons (Fsp3) is 0.571. The van der Waals surface area contributed by atoms with Gasteiger partial charge in [-0.3, -0.25) is 10.1 Å². The van der Waals surface area contributed by atoms with Crippen molar-refractivity contribution in [2.24, 2.45) is 5.92 Å². The number of nitrogens with one attached hydrogen (secondary N) is 1. The molecule has 112 valence electrons. The second kappa shape index (κ2) is 7.09. The van der Waals surface area contributed by atoms with Crippen molar-refractivity contribution in [1.82, 2.24) is 0 Å². The average Bonchev–Trinajstić information content (AvgIpc) is 2.34. The van der Waals surface area contributed by atoms with E-state index in [-0.39, 0.29) is 36.1 Å². The minimum absolute atomic E-state index is 0.0932. The van der Waals surface area contributed by atoms with Crippen LogP contribution in [0.4, 0.5) is 11.4 Å². The van der Waals surface area contributed by atoms with Crippen LogP contribution >= 0.6 is 0 Å². The summed E-state index contributed by atoms with van der Waals surface area (Å²) in [7, 11) is 0. The van der Waals surface area contributed by atoms with E-state index in [9.17, 15) is 15.2 Å². The molecule has 0 amide bonds. The largest absolute Gasteiger partial charge is 0.484 e. The summed E-state index contributed by atoms with van der Waals surface area (Å²) in [5, 5.41) is 23.6. The summed E-state index contributed by atoms with van der Waals surface area (Å²) in [5.41, 5.74) is 0.265. The van der Waals surface area contributed by atoms with Gasteiger partial charge in [0.05, 0.1) is 23.7 Å². The van der Waals surface area contributed by atoms with E-state index in [0.29, 0.717) is 5.69 Å². The number of benzene rings is 1. The number of hydrogen-bond acceptors (Lipinski definition) is 5. The monoisotopic (exact) mass is 282 g/mol. The highest BCUT2D eigenvalue weighted by Crippen LogP contribution is 2.36. The number of ether oxygens (including phenoxy) is 1. The Morgan fingerprint density at radius 2 is 2.00 bits per heavy atom. The maximum absolute atomic E-state index is 11.3. The lowest BCUT2D eigenvalue weighted by atomic mass is 10.0. The number of nitro benzene ring substituents is 1. The Hall–Kier alpha value is -1.82. The van der Waals surface area contributed by atoms with Crippen molar-refractivity contribution in [3.63, 3.8) is 0 Å². The topological polar surface area (TPSA) is 84.6 Å². The number of rotatable bonds is 7. The Bertz CT molecular complexity index is 460. The molecular weight excluding hydrogens is 260 g/mol. The molecule has 20 heavy (non-hydrogen) atoms. The van der Waals surface area contributed by atoms with Gasteiger partial charge in [0.2, 0.25) is 0 Å². The molecule has 0 aliphatic heterocycles. The van der Waals surface area contributed by atoms with Gasteiger partial charge in [0.1, 0.15) is 5.69 Å². The van der Waals surface area contributed by atoms with E-state index in [4.69, 9.17) is 4.74 Å². The quantitative estimate of drug-likeness (QED) is 0.593. The summed E-state index contributed by atoms with van der Waals surface area (Å²) < 4.78 is 5.48. The van der Waals surface area contributed by atoms with Gasteiger partial charge in [0, 0.05) is 0 Å². The molecule has 1 atom stereocenters. The van der Waals surface area contributed by atoms with Crippen LogP contribution in [0.5, 0.6) is 5.75 Å². The average molecular weight is 282 g/mol. The molecule has 1 rings (SSSR count). The molecule has 6 nitrogen and oxygen atoms in total. The Balaban J connectivity index is 3.15. The molecule has 1 aromatic carbocycles. The summed E-state index contributed by atoms with van der Waals surface area (Å²) in [4.78, 5) is 10.8. The standard InChI is InChI=1S/C14H22N2O4/c1-9(2)12(8-17)15-11-6-5-7-13(20-10(3)4)14(11)16(18)19/h5-7,9-10,12,15,17H,8H2,1-4H3/t12-/m1/s1. The summed E-state index contributed by atoms with van der Waals surface area (Å²) >= 11 is 0. The van der Waals surface area contributed by atoms with Gasteiger partial charge < -0.3 is 15.2 Å². The van der Waals surface area contributed by atoms with Crippen LogP contribution in [0.2, 0.25) is 0 Å². The number of para-hydroxylation sites is 1. The molecular formula is C14H22N2O4. The normalized spacial score (nSPS) is 12.6. The summed E-state index contributed by atoms with van der Waals surface area (Å²) in [6.07, 6.45) is -0.150. The van der Waals surface area contributed by atoms with Gasteiger partial charge in [-0.15, -0.1) is 0 Å². The second-order valence-electron chi connectivity index (χ2n) is 5.25. The number of aliphatic hydroxyl groups is 1. The Kier molecular flexibility index (Phi) is 5.76. The van der Waals surface area contributed by atoms with E-state index >= 15 is 0 Å². The zero-order chi connectivity index (χ0) is 15.3. The van der Waals surface area contributed by atoms with Crippen LogP contribution in [-0.2, 0) is 0 Å². The van der Waals surface area contributed by atoms with Crippen molar-refractivity contribution in [2.75, 3.05) is 11.9 Å². The molecule has 0 aromatic heterocycles. The third-order valence-corrected chi connectivity index (χ3v) is 2.89. The van der Waals surface area contributed by atoms with Gasteiger partial charge in [0.15, 0.2) is 5.75 Å². The number of aliphatic hydroxyl groups excluding tert-OH is 1. The maximum Gasteiger partial charge on any atom is 0.333 e. The van der Waals surface area contributed by atoms with Crippen LogP contribution in [0.1, 0.15) is 27.7 Å². The number of nitro groups is 1. The molecule has 0 unspecified atom stereocenters. The first-order valence-electron chi connectivity index (χ1n) is 6.68. The molecule has 1 aromatic rings. The third-order valence-electron chi connectivity index (χ3n) is 2.89.